The molecule has 0 bridgehead atoms. The molecule has 1 aromatic rings. The van der Waals surface area contributed by atoms with Crippen molar-refractivity contribution >= 4 is 11.8 Å². The SMILES string of the molecule is CCSCc1nn(C)cc1C. The van der Waals surface area contributed by atoms with Crippen molar-refractivity contribution in [3.8, 4) is 0 Å². The zero-order chi connectivity index (χ0) is 8.27. The Balaban J connectivity index is 2.62. The van der Waals surface area contributed by atoms with E-state index in [1.807, 2.05) is 23.5 Å². The second-order valence-electron chi connectivity index (χ2n) is 2.57. The van der Waals surface area contributed by atoms with Gasteiger partial charge in [-0.2, -0.15) is 16.9 Å². The number of hydrogen-bond donors (Lipinski definition) is 0. The maximum absolute atomic E-state index is 4.34. The predicted molar refractivity (Wildman–Crippen MR) is 49.8 cm³/mol. The molecule has 0 amide bonds. The van der Waals surface area contributed by atoms with E-state index in [1.54, 1.807) is 0 Å². The molecule has 0 saturated carbocycles. The van der Waals surface area contributed by atoms with Gasteiger partial charge in [0.15, 0.2) is 0 Å². The minimum atomic E-state index is 1.04. The Kier molecular flexibility index (Phi) is 3.00. The van der Waals surface area contributed by atoms with Gasteiger partial charge in [-0.05, 0) is 18.2 Å². The summed E-state index contributed by atoms with van der Waals surface area (Å²) in [5, 5.41) is 4.34. The number of rotatable bonds is 3. The third-order valence-electron chi connectivity index (χ3n) is 1.56. The van der Waals surface area contributed by atoms with Crippen molar-refractivity contribution in [2.75, 3.05) is 5.75 Å². The average molecular weight is 170 g/mol. The largest absolute Gasteiger partial charge is 0.275 e. The summed E-state index contributed by atoms with van der Waals surface area (Å²) in [6.45, 7) is 4.28. The number of aryl methyl sites for hydroxylation is 2. The molecule has 0 fully saturated rings. The Morgan fingerprint density at radius 2 is 2.36 bits per heavy atom. The van der Waals surface area contributed by atoms with Crippen LogP contribution < -0.4 is 0 Å². The van der Waals surface area contributed by atoms with Gasteiger partial charge in [-0.1, -0.05) is 6.92 Å². The van der Waals surface area contributed by atoms with Crippen molar-refractivity contribution in [3.05, 3.63) is 17.5 Å². The van der Waals surface area contributed by atoms with E-state index in [2.05, 4.69) is 25.1 Å². The van der Waals surface area contributed by atoms with E-state index in [0.29, 0.717) is 0 Å². The molecule has 11 heavy (non-hydrogen) atoms. The van der Waals surface area contributed by atoms with Gasteiger partial charge < -0.3 is 0 Å². The lowest BCUT2D eigenvalue weighted by Crippen LogP contribution is -1.89. The van der Waals surface area contributed by atoms with Gasteiger partial charge in [0.1, 0.15) is 0 Å². The van der Waals surface area contributed by atoms with Crippen LogP contribution in [0, 0.1) is 6.92 Å². The standard InChI is InChI=1S/C8H14N2S/c1-4-11-6-8-7(2)5-10(3)9-8/h5H,4,6H2,1-3H3. The first-order chi connectivity index (χ1) is 5.24. The van der Waals surface area contributed by atoms with Gasteiger partial charge >= 0.3 is 0 Å². The normalized spacial score (nSPS) is 10.5. The fourth-order valence-corrected chi connectivity index (χ4v) is 1.68. The third kappa shape index (κ3) is 2.26. The van der Waals surface area contributed by atoms with E-state index in [9.17, 15) is 0 Å². The van der Waals surface area contributed by atoms with E-state index in [1.165, 1.54) is 11.3 Å². The number of nitrogens with zero attached hydrogens (tertiary/aromatic N) is 2. The molecule has 1 rings (SSSR count). The van der Waals surface area contributed by atoms with Crippen molar-refractivity contribution in [3.63, 3.8) is 0 Å². The maximum atomic E-state index is 4.34. The van der Waals surface area contributed by atoms with Gasteiger partial charge in [0.25, 0.3) is 0 Å². The molecule has 0 radical (unpaired) electrons. The summed E-state index contributed by atoms with van der Waals surface area (Å²) in [7, 11) is 1.97. The van der Waals surface area contributed by atoms with E-state index in [4.69, 9.17) is 0 Å². The lowest BCUT2D eigenvalue weighted by Gasteiger charge is -1.94. The summed E-state index contributed by atoms with van der Waals surface area (Å²) in [6.07, 6.45) is 2.06. The van der Waals surface area contributed by atoms with Crippen molar-refractivity contribution in [2.24, 2.45) is 7.05 Å². The Labute approximate surface area is 72.0 Å². The van der Waals surface area contributed by atoms with E-state index < -0.39 is 0 Å². The quantitative estimate of drug-likeness (QED) is 0.690. The van der Waals surface area contributed by atoms with Crippen LogP contribution in [0.25, 0.3) is 0 Å². The highest BCUT2D eigenvalue weighted by Crippen LogP contribution is 2.12. The van der Waals surface area contributed by atoms with Crippen molar-refractivity contribution in [2.45, 2.75) is 19.6 Å². The zero-order valence-corrected chi connectivity index (χ0v) is 8.11. The van der Waals surface area contributed by atoms with Gasteiger partial charge in [-0.3, -0.25) is 4.68 Å². The molecule has 0 aromatic carbocycles. The molecule has 1 aromatic heterocycles. The molecule has 62 valence electrons. The van der Waals surface area contributed by atoms with Crippen molar-refractivity contribution in [1.82, 2.24) is 9.78 Å². The molecule has 2 nitrogen and oxygen atoms in total. The van der Waals surface area contributed by atoms with Crippen LogP contribution in [0.3, 0.4) is 0 Å². The summed E-state index contributed by atoms with van der Waals surface area (Å²) >= 11 is 1.91. The molecule has 1 heterocycles. The molecule has 3 heteroatoms. The molecule has 0 aliphatic rings. The molecule has 0 N–H and O–H groups in total. The van der Waals surface area contributed by atoms with Crippen LogP contribution in [0.1, 0.15) is 18.2 Å². The van der Waals surface area contributed by atoms with Crippen LogP contribution in [0.5, 0.6) is 0 Å². The van der Waals surface area contributed by atoms with Gasteiger partial charge in [-0.25, -0.2) is 0 Å². The molecule has 0 unspecified atom stereocenters. The maximum Gasteiger partial charge on any atom is 0.0752 e. The summed E-state index contributed by atoms with van der Waals surface area (Å²) in [4.78, 5) is 0. The van der Waals surface area contributed by atoms with Crippen molar-refractivity contribution < 1.29 is 0 Å². The van der Waals surface area contributed by atoms with Crippen LogP contribution in [0.2, 0.25) is 0 Å². The molecule has 0 aliphatic heterocycles. The fourth-order valence-electron chi connectivity index (χ4n) is 0.994. The molecule has 0 aliphatic carbocycles. The molecular weight excluding hydrogens is 156 g/mol. The first-order valence-corrected chi connectivity index (χ1v) is 4.96. The second-order valence-corrected chi connectivity index (χ2v) is 3.84. The summed E-state index contributed by atoms with van der Waals surface area (Å²) in [6, 6.07) is 0. The van der Waals surface area contributed by atoms with E-state index in [-0.39, 0.29) is 0 Å². The lowest BCUT2D eigenvalue weighted by atomic mass is 10.3. The van der Waals surface area contributed by atoms with Gasteiger partial charge in [0.2, 0.25) is 0 Å². The third-order valence-corrected chi connectivity index (χ3v) is 2.44. The predicted octanol–water partition coefficient (Wildman–Crippen LogP) is 1.98. The number of hydrogen-bond acceptors (Lipinski definition) is 2. The van der Waals surface area contributed by atoms with Gasteiger partial charge in [0, 0.05) is 19.0 Å². The summed E-state index contributed by atoms with van der Waals surface area (Å²) in [5.74, 6) is 2.21. The molecule has 0 saturated heterocycles. The van der Waals surface area contributed by atoms with E-state index in [0.717, 1.165) is 11.5 Å². The van der Waals surface area contributed by atoms with Crippen LogP contribution in [0.15, 0.2) is 6.20 Å². The topological polar surface area (TPSA) is 17.8 Å². The van der Waals surface area contributed by atoms with Crippen LogP contribution in [0.4, 0.5) is 0 Å². The molecule has 0 spiro atoms. The van der Waals surface area contributed by atoms with Gasteiger partial charge in [0.05, 0.1) is 5.69 Å². The number of thioether (sulfide) groups is 1. The Hall–Kier alpha value is -0.440. The monoisotopic (exact) mass is 170 g/mol. The Morgan fingerprint density at radius 3 is 2.82 bits per heavy atom. The Morgan fingerprint density at radius 1 is 1.64 bits per heavy atom. The zero-order valence-electron chi connectivity index (χ0n) is 7.29. The van der Waals surface area contributed by atoms with Gasteiger partial charge in [-0.15, -0.1) is 0 Å². The summed E-state index contributed by atoms with van der Waals surface area (Å²) in [5.41, 5.74) is 2.52. The highest BCUT2D eigenvalue weighted by molar-refractivity contribution is 7.98. The highest BCUT2D eigenvalue weighted by atomic mass is 32.2. The second kappa shape index (κ2) is 3.81. The van der Waals surface area contributed by atoms with Crippen LogP contribution >= 0.6 is 11.8 Å². The smallest absolute Gasteiger partial charge is 0.0752 e. The number of aromatic nitrogens is 2. The Bertz CT molecular complexity index is 230. The first kappa shape index (κ1) is 8.65. The lowest BCUT2D eigenvalue weighted by molar-refractivity contribution is 0.755. The minimum Gasteiger partial charge on any atom is -0.275 e. The fraction of sp³-hybridized carbons (Fsp3) is 0.625. The minimum absolute atomic E-state index is 1.04. The average Bonchev–Trinajstić information content (AvgIpc) is 2.26. The first-order valence-electron chi connectivity index (χ1n) is 3.81. The van der Waals surface area contributed by atoms with Crippen LogP contribution in [-0.2, 0) is 12.8 Å². The van der Waals surface area contributed by atoms with Crippen LogP contribution in [-0.4, -0.2) is 15.5 Å². The van der Waals surface area contributed by atoms with E-state index >= 15 is 0 Å². The molecule has 0 atom stereocenters. The van der Waals surface area contributed by atoms with Crippen molar-refractivity contribution in [1.29, 1.82) is 0 Å². The molecular formula is C8H14N2S. The highest BCUT2D eigenvalue weighted by Gasteiger charge is 2.01. The summed E-state index contributed by atoms with van der Waals surface area (Å²) < 4.78 is 1.88.